The number of hydrogen-bond acceptors (Lipinski definition) is 4. The molecule has 0 fully saturated rings. The monoisotopic (exact) mass is 446 g/mol. The largest absolute Gasteiger partial charge is 0.494 e. The van der Waals surface area contributed by atoms with Gasteiger partial charge in [0.05, 0.1) is 11.5 Å². The third-order valence-electron chi connectivity index (χ3n) is 4.90. The first-order valence-corrected chi connectivity index (χ1v) is 12.0. The molecule has 0 bridgehead atoms. The van der Waals surface area contributed by atoms with E-state index in [4.69, 9.17) is 4.74 Å². The van der Waals surface area contributed by atoms with Gasteiger partial charge in [-0.05, 0) is 55.0 Å². The summed E-state index contributed by atoms with van der Waals surface area (Å²) < 4.78 is 33.0. The van der Waals surface area contributed by atoms with E-state index in [1.807, 2.05) is 25.1 Å². The van der Waals surface area contributed by atoms with Crippen LogP contribution in [0.1, 0.15) is 50.3 Å². The Morgan fingerprint density at radius 3 is 2.29 bits per heavy atom. The van der Waals surface area contributed by atoms with Crippen LogP contribution in [-0.4, -0.2) is 34.0 Å². The summed E-state index contributed by atoms with van der Waals surface area (Å²) in [4.78, 5) is 12.2. The average molecular weight is 447 g/mol. The van der Waals surface area contributed by atoms with Crippen molar-refractivity contribution >= 4 is 15.9 Å². The maximum atomic E-state index is 12.4. The Bertz CT molecular complexity index is 978. The van der Waals surface area contributed by atoms with Crippen LogP contribution in [0, 0.1) is 13.8 Å². The van der Waals surface area contributed by atoms with Crippen LogP contribution >= 0.6 is 0 Å². The van der Waals surface area contributed by atoms with Crippen LogP contribution in [0.5, 0.6) is 5.75 Å². The molecule has 31 heavy (non-hydrogen) atoms. The summed E-state index contributed by atoms with van der Waals surface area (Å²) in [5.41, 5.74) is 3.05. The fourth-order valence-electron chi connectivity index (χ4n) is 3.13. The molecule has 2 aromatic carbocycles. The molecule has 1 amide bonds. The normalized spacial score (nSPS) is 11.9. The molecule has 0 aliphatic carbocycles. The first-order chi connectivity index (χ1) is 14.5. The summed E-state index contributed by atoms with van der Waals surface area (Å²) in [5, 5.41) is 2.73. The summed E-state index contributed by atoms with van der Waals surface area (Å²) in [6.07, 6.45) is 0.908. The SMILES string of the molecule is Cc1ccc(S(=O)(=O)NCCNC(=O)CCCOc2ccc(C(C)(C)C)cc2)c(C)c1. The summed E-state index contributed by atoms with van der Waals surface area (Å²) in [7, 11) is -3.59. The zero-order chi connectivity index (χ0) is 23.1. The number of rotatable bonds is 10. The highest BCUT2D eigenvalue weighted by atomic mass is 32.2. The molecule has 2 rings (SSSR count). The minimum Gasteiger partial charge on any atom is -0.494 e. The van der Waals surface area contributed by atoms with Gasteiger partial charge in [-0.2, -0.15) is 0 Å². The molecule has 0 radical (unpaired) electrons. The van der Waals surface area contributed by atoms with Gasteiger partial charge >= 0.3 is 0 Å². The van der Waals surface area contributed by atoms with E-state index in [0.717, 1.165) is 11.3 Å². The van der Waals surface area contributed by atoms with E-state index >= 15 is 0 Å². The van der Waals surface area contributed by atoms with Crippen LogP contribution < -0.4 is 14.8 Å². The van der Waals surface area contributed by atoms with Gasteiger partial charge in [0.15, 0.2) is 0 Å². The van der Waals surface area contributed by atoms with Crippen molar-refractivity contribution in [2.24, 2.45) is 0 Å². The summed E-state index contributed by atoms with van der Waals surface area (Å²) in [5.74, 6) is 0.659. The molecule has 0 aliphatic heterocycles. The quantitative estimate of drug-likeness (QED) is 0.543. The highest BCUT2D eigenvalue weighted by Crippen LogP contribution is 2.24. The molecule has 0 saturated heterocycles. The number of sulfonamides is 1. The van der Waals surface area contributed by atoms with Crippen LogP contribution in [-0.2, 0) is 20.2 Å². The molecule has 2 aromatic rings. The van der Waals surface area contributed by atoms with Crippen molar-refractivity contribution in [2.75, 3.05) is 19.7 Å². The summed E-state index contributed by atoms with van der Waals surface area (Å²) >= 11 is 0. The second-order valence-corrected chi connectivity index (χ2v) is 10.5. The van der Waals surface area contributed by atoms with Gasteiger partial charge in [-0.3, -0.25) is 4.79 Å². The number of benzene rings is 2. The Morgan fingerprint density at radius 2 is 1.68 bits per heavy atom. The standard InChI is InChI=1S/C24H34N2O4S/c1-18-8-13-22(19(2)17-18)31(28,29)26-15-14-25-23(27)7-6-16-30-21-11-9-20(10-12-21)24(3,4)5/h8-13,17,26H,6-7,14-16H2,1-5H3,(H,25,27). The lowest BCUT2D eigenvalue weighted by Gasteiger charge is -2.19. The zero-order valence-electron chi connectivity index (χ0n) is 19.1. The fourth-order valence-corrected chi connectivity index (χ4v) is 4.38. The van der Waals surface area contributed by atoms with Gasteiger partial charge < -0.3 is 10.1 Å². The molecule has 0 aromatic heterocycles. The second-order valence-electron chi connectivity index (χ2n) is 8.74. The Morgan fingerprint density at radius 1 is 1.00 bits per heavy atom. The van der Waals surface area contributed by atoms with E-state index in [-0.39, 0.29) is 29.3 Å². The zero-order valence-corrected chi connectivity index (χ0v) is 19.9. The van der Waals surface area contributed by atoms with E-state index in [1.54, 1.807) is 19.1 Å². The molecule has 170 valence electrons. The number of carbonyl (C=O) groups is 1. The summed E-state index contributed by atoms with van der Waals surface area (Å²) in [6.45, 7) is 11.0. The minimum atomic E-state index is -3.59. The lowest BCUT2D eigenvalue weighted by molar-refractivity contribution is -0.121. The van der Waals surface area contributed by atoms with Gasteiger partial charge in [-0.15, -0.1) is 0 Å². The smallest absolute Gasteiger partial charge is 0.240 e. The number of hydrogen-bond donors (Lipinski definition) is 2. The van der Waals surface area contributed by atoms with Crippen molar-refractivity contribution in [3.8, 4) is 5.75 Å². The van der Waals surface area contributed by atoms with Crippen LogP contribution in [0.4, 0.5) is 0 Å². The maximum absolute atomic E-state index is 12.4. The highest BCUT2D eigenvalue weighted by molar-refractivity contribution is 7.89. The topological polar surface area (TPSA) is 84.5 Å². The molecule has 0 aliphatic rings. The Kier molecular flexibility index (Phi) is 8.65. The third-order valence-corrected chi connectivity index (χ3v) is 6.52. The van der Waals surface area contributed by atoms with Gasteiger partial charge in [-0.25, -0.2) is 13.1 Å². The van der Waals surface area contributed by atoms with Gasteiger partial charge in [0, 0.05) is 19.5 Å². The molecule has 0 atom stereocenters. The van der Waals surface area contributed by atoms with Crippen molar-refractivity contribution in [1.82, 2.24) is 10.0 Å². The third kappa shape index (κ3) is 7.99. The first-order valence-electron chi connectivity index (χ1n) is 10.6. The van der Waals surface area contributed by atoms with Crippen LogP contribution in [0.15, 0.2) is 47.4 Å². The van der Waals surface area contributed by atoms with Gasteiger partial charge in [0.1, 0.15) is 5.75 Å². The minimum absolute atomic E-state index is 0.101. The van der Waals surface area contributed by atoms with Crippen LogP contribution in [0.2, 0.25) is 0 Å². The summed E-state index contributed by atoms with van der Waals surface area (Å²) in [6, 6.07) is 13.2. The fraction of sp³-hybridized carbons (Fsp3) is 0.458. The highest BCUT2D eigenvalue weighted by Gasteiger charge is 2.16. The maximum Gasteiger partial charge on any atom is 0.240 e. The van der Waals surface area contributed by atoms with Gasteiger partial charge in [-0.1, -0.05) is 50.6 Å². The second kappa shape index (κ2) is 10.8. The van der Waals surface area contributed by atoms with E-state index in [2.05, 4.69) is 42.9 Å². The van der Waals surface area contributed by atoms with E-state index < -0.39 is 10.0 Å². The molecule has 7 heteroatoms. The van der Waals surface area contributed by atoms with E-state index in [9.17, 15) is 13.2 Å². The molecule has 0 heterocycles. The number of ether oxygens (including phenoxy) is 1. The number of amides is 1. The molecule has 0 saturated carbocycles. The van der Waals surface area contributed by atoms with Gasteiger partial charge in [0.2, 0.25) is 15.9 Å². The van der Waals surface area contributed by atoms with Crippen molar-refractivity contribution in [1.29, 1.82) is 0 Å². The lowest BCUT2D eigenvalue weighted by Crippen LogP contribution is -2.35. The van der Waals surface area contributed by atoms with Crippen molar-refractivity contribution in [3.63, 3.8) is 0 Å². The predicted molar refractivity (Wildman–Crippen MR) is 124 cm³/mol. The number of aryl methyl sites for hydroxylation is 2. The Balaban J connectivity index is 1.65. The molecule has 0 unspecified atom stereocenters. The van der Waals surface area contributed by atoms with Crippen LogP contribution in [0.3, 0.4) is 0 Å². The first kappa shape index (κ1) is 24.9. The van der Waals surface area contributed by atoms with Gasteiger partial charge in [0.25, 0.3) is 0 Å². The number of nitrogens with one attached hydrogen (secondary N) is 2. The van der Waals surface area contributed by atoms with Crippen LogP contribution in [0.25, 0.3) is 0 Å². The predicted octanol–water partition coefficient (Wildman–Crippen LogP) is 3.85. The molecule has 2 N–H and O–H groups in total. The number of carbonyl (C=O) groups excluding carboxylic acids is 1. The molecule has 6 nitrogen and oxygen atoms in total. The van der Waals surface area contributed by atoms with Crippen molar-refractivity contribution in [2.45, 2.75) is 57.8 Å². The molecule has 0 spiro atoms. The molecular weight excluding hydrogens is 412 g/mol. The Labute approximate surface area is 186 Å². The Hall–Kier alpha value is -2.38. The molecular formula is C24H34N2O4S. The van der Waals surface area contributed by atoms with E-state index in [1.165, 1.54) is 5.56 Å². The lowest BCUT2D eigenvalue weighted by atomic mass is 9.87. The van der Waals surface area contributed by atoms with Crippen molar-refractivity contribution < 1.29 is 17.9 Å². The average Bonchev–Trinajstić information content (AvgIpc) is 2.68. The van der Waals surface area contributed by atoms with E-state index in [0.29, 0.717) is 25.0 Å². The van der Waals surface area contributed by atoms with Crippen molar-refractivity contribution in [3.05, 3.63) is 59.2 Å².